The molecule has 12 heteroatoms. The van der Waals surface area contributed by atoms with E-state index in [0.717, 1.165) is 0 Å². The molecule has 1 unspecified atom stereocenters. The first-order valence-electron chi connectivity index (χ1n) is 9.78. The van der Waals surface area contributed by atoms with Gasteiger partial charge in [0.2, 0.25) is 0 Å². The summed E-state index contributed by atoms with van der Waals surface area (Å²) in [7, 11) is -1.20. The minimum atomic E-state index is -5.16. The lowest BCUT2D eigenvalue weighted by atomic mass is 9.77. The smallest absolute Gasteiger partial charge is 0.423 e. The van der Waals surface area contributed by atoms with Crippen LogP contribution in [0, 0.1) is 0 Å². The molecule has 4 rings (SSSR count). The van der Waals surface area contributed by atoms with Crippen LogP contribution in [-0.2, 0) is 33.5 Å². The molecule has 176 valence electrons. The lowest BCUT2D eigenvalue weighted by Gasteiger charge is -2.30. The third kappa shape index (κ3) is 3.88. The highest BCUT2D eigenvalue weighted by Gasteiger charge is 2.62. The summed E-state index contributed by atoms with van der Waals surface area (Å²) in [5.41, 5.74) is -5.99. The first-order valence-corrected chi connectivity index (χ1v) is 9.78. The molecule has 2 aliphatic rings. The highest BCUT2D eigenvalue weighted by Crippen LogP contribution is 2.50. The van der Waals surface area contributed by atoms with Gasteiger partial charge in [-0.1, -0.05) is 17.3 Å². The van der Waals surface area contributed by atoms with Crippen LogP contribution in [0.15, 0.2) is 41.6 Å². The number of halogens is 7. The Bertz CT molecular complexity index is 1130. The van der Waals surface area contributed by atoms with Gasteiger partial charge in [-0.2, -0.15) is 26.3 Å². The molecule has 0 aromatic heterocycles. The first-order chi connectivity index (χ1) is 15.2. The molecule has 0 bridgehead atoms. The summed E-state index contributed by atoms with van der Waals surface area (Å²) in [5, 5.41) is 13.6. The predicted molar refractivity (Wildman–Crippen MR) is 104 cm³/mol. The normalized spacial score (nSPS) is 22.2. The molecule has 2 aromatic rings. The van der Waals surface area contributed by atoms with E-state index in [1.165, 1.54) is 18.2 Å². The fourth-order valence-electron chi connectivity index (χ4n) is 4.10. The summed E-state index contributed by atoms with van der Waals surface area (Å²) in [6.07, 6.45) is -11.1. The third-order valence-electron chi connectivity index (χ3n) is 5.83. The molecule has 2 heterocycles. The Hall–Kier alpha value is -2.60. The van der Waals surface area contributed by atoms with E-state index >= 15 is 0 Å². The number of fused-ring (bicyclic) bond motifs is 1. The average Bonchev–Trinajstić information content (AvgIpc) is 3.27. The summed E-state index contributed by atoms with van der Waals surface area (Å²) in [5.74, 6) is 0. The van der Waals surface area contributed by atoms with E-state index in [1.807, 2.05) is 0 Å². The Morgan fingerprint density at radius 3 is 2.36 bits per heavy atom. The summed E-state index contributed by atoms with van der Waals surface area (Å²) in [6.45, 7) is 1.95. The Kier molecular flexibility index (Phi) is 5.32. The van der Waals surface area contributed by atoms with Gasteiger partial charge in [0, 0.05) is 12.0 Å². The maximum absolute atomic E-state index is 14.2. The fourth-order valence-corrected chi connectivity index (χ4v) is 4.10. The fraction of sp³-hybridized carbons (Fsp3) is 0.381. The molecule has 0 saturated carbocycles. The number of oxime groups is 1. The van der Waals surface area contributed by atoms with Crippen molar-refractivity contribution in [3.05, 3.63) is 64.2 Å². The van der Waals surface area contributed by atoms with E-state index in [9.17, 15) is 35.8 Å². The number of hydrogen-bond acceptors (Lipinski definition) is 4. The summed E-state index contributed by atoms with van der Waals surface area (Å²) < 4.78 is 101. The second kappa shape index (κ2) is 7.46. The van der Waals surface area contributed by atoms with Crippen LogP contribution in [0.2, 0.25) is 0 Å². The van der Waals surface area contributed by atoms with Crippen molar-refractivity contribution in [3.63, 3.8) is 0 Å². The third-order valence-corrected chi connectivity index (χ3v) is 5.83. The van der Waals surface area contributed by atoms with E-state index in [4.69, 9.17) is 9.49 Å². The molecule has 0 fully saturated rings. The topological polar surface area (TPSA) is 51.0 Å². The van der Waals surface area contributed by atoms with Crippen molar-refractivity contribution in [3.8, 4) is 0 Å². The van der Waals surface area contributed by atoms with Gasteiger partial charge in [0.05, 0.1) is 16.9 Å². The first kappa shape index (κ1) is 23.6. The van der Waals surface area contributed by atoms with Crippen LogP contribution in [0.3, 0.4) is 0 Å². The van der Waals surface area contributed by atoms with Crippen molar-refractivity contribution in [2.75, 3.05) is 0 Å². The Morgan fingerprint density at radius 1 is 1.06 bits per heavy atom. The van der Waals surface area contributed by atoms with Gasteiger partial charge in [0.25, 0.3) is 5.60 Å². The molecule has 0 aliphatic carbocycles. The SMILES string of the molecule is CC1(C)OB(O)c2ccc(C3=NOC(c4cc(CF)cc(C(F)(F)F)c4)(C(F)(F)F)C3)cc21. The number of benzene rings is 2. The maximum atomic E-state index is 14.2. The zero-order chi connectivity index (χ0) is 24.4. The summed E-state index contributed by atoms with van der Waals surface area (Å²) in [4.78, 5) is 4.81. The second-order valence-electron chi connectivity index (χ2n) is 8.46. The van der Waals surface area contributed by atoms with Crippen LogP contribution < -0.4 is 5.46 Å². The zero-order valence-electron chi connectivity index (χ0n) is 17.3. The monoisotopic (exact) mass is 475 g/mol. The van der Waals surface area contributed by atoms with Crippen LogP contribution in [0.1, 0.15) is 48.1 Å². The maximum Gasteiger partial charge on any atom is 0.492 e. The van der Waals surface area contributed by atoms with Crippen molar-refractivity contribution in [1.82, 2.24) is 0 Å². The largest absolute Gasteiger partial charge is 0.492 e. The molecule has 0 saturated heterocycles. The molecular formula is C21H17BF7NO3. The molecule has 0 spiro atoms. The van der Waals surface area contributed by atoms with Gasteiger partial charge in [-0.3, -0.25) is 0 Å². The van der Waals surface area contributed by atoms with E-state index < -0.39 is 60.5 Å². The van der Waals surface area contributed by atoms with Gasteiger partial charge >= 0.3 is 19.5 Å². The minimum Gasteiger partial charge on any atom is -0.423 e. The molecule has 2 aromatic carbocycles. The van der Waals surface area contributed by atoms with Gasteiger partial charge < -0.3 is 14.5 Å². The van der Waals surface area contributed by atoms with Crippen LogP contribution in [0.25, 0.3) is 0 Å². The van der Waals surface area contributed by atoms with Crippen molar-refractivity contribution in [2.45, 2.75) is 50.5 Å². The number of rotatable bonds is 3. The number of hydrogen-bond donors (Lipinski definition) is 1. The Morgan fingerprint density at radius 2 is 1.76 bits per heavy atom. The highest BCUT2D eigenvalue weighted by molar-refractivity contribution is 6.62. The van der Waals surface area contributed by atoms with Crippen LogP contribution in [0.5, 0.6) is 0 Å². The lowest BCUT2D eigenvalue weighted by Crippen LogP contribution is -2.43. The lowest BCUT2D eigenvalue weighted by molar-refractivity contribution is -0.276. The van der Waals surface area contributed by atoms with E-state index in [-0.39, 0.29) is 11.3 Å². The Labute approximate surface area is 184 Å². The van der Waals surface area contributed by atoms with E-state index in [1.54, 1.807) is 13.8 Å². The van der Waals surface area contributed by atoms with E-state index in [0.29, 0.717) is 29.2 Å². The summed E-state index contributed by atoms with van der Waals surface area (Å²) in [6, 6.07) is 5.86. The van der Waals surface area contributed by atoms with Gasteiger partial charge in [0.1, 0.15) is 6.67 Å². The molecule has 1 atom stereocenters. The minimum absolute atomic E-state index is 0.161. The molecule has 33 heavy (non-hydrogen) atoms. The van der Waals surface area contributed by atoms with Crippen molar-refractivity contribution < 1.29 is 45.2 Å². The molecule has 0 radical (unpaired) electrons. The summed E-state index contributed by atoms with van der Waals surface area (Å²) >= 11 is 0. The van der Waals surface area contributed by atoms with Gasteiger partial charge in [-0.25, -0.2) is 4.39 Å². The average molecular weight is 475 g/mol. The predicted octanol–water partition coefficient (Wildman–Crippen LogP) is 4.71. The van der Waals surface area contributed by atoms with Crippen molar-refractivity contribution in [1.29, 1.82) is 0 Å². The van der Waals surface area contributed by atoms with Crippen molar-refractivity contribution in [2.24, 2.45) is 5.16 Å². The second-order valence-corrected chi connectivity index (χ2v) is 8.46. The van der Waals surface area contributed by atoms with Crippen LogP contribution in [-0.4, -0.2) is 24.0 Å². The Balaban J connectivity index is 1.78. The molecule has 1 N–H and O–H groups in total. The zero-order valence-corrected chi connectivity index (χ0v) is 17.3. The molecule has 0 amide bonds. The standard InChI is InChI=1S/C21H17BF7NO3/c1-18(2)15-7-12(3-4-16(15)22(31)32-18)17-9-19(33-30-17,21(27,28)29)13-5-11(10-23)6-14(8-13)20(24,25)26/h3-8,31H,9-10H2,1-2H3. The molecular weight excluding hydrogens is 458 g/mol. The van der Waals surface area contributed by atoms with Crippen molar-refractivity contribution >= 4 is 18.3 Å². The number of nitrogens with zero attached hydrogens (tertiary/aromatic N) is 1. The van der Waals surface area contributed by atoms with E-state index in [2.05, 4.69) is 5.16 Å². The quantitative estimate of drug-likeness (QED) is 0.517. The number of alkyl halides is 7. The van der Waals surface area contributed by atoms with Gasteiger partial charge in [0.15, 0.2) is 0 Å². The van der Waals surface area contributed by atoms with Gasteiger partial charge in [-0.05, 0) is 60.3 Å². The molecule has 2 aliphatic heterocycles. The molecule has 4 nitrogen and oxygen atoms in total. The van der Waals surface area contributed by atoms with Crippen LogP contribution in [0.4, 0.5) is 30.7 Å². The van der Waals surface area contributed by atoms with Crippen LogP contribution >= 0.6 is 0 Å². The van der Waals surface area contributed by atoms with Gasteiger partial charge in [-0.15, -0.1) is 0 Å². The highest BCUT2D eigenvalue weighted by atomic mass is 19.4.